The second kappa shape index (κ2) is 8.59. The van der Waals surface area contributed by atoms with Gasteiger partial charge in [-0.05, 0) is 73.7 Å². The van der Waals surface area contributed by atoms with Gasteiger partial charge in [-0.2, -0.15) is 0 Å². The quantitative estimate of drug-likeness (QED) is 0.544. The number of fused-ring (bicyclic) bond motifs is 5. The number of alkyl halides is 3. The number of allylic oxidation sites excluding steroid dienone is 4. The molecular weight excluding hydrogens is 509 g/mol. The lowest BCUT2D eigenvalue weighted by molar-refractivity contribution is -0.221. The first kappa shape index (κ1) is 26.3. The zero-order chi connectivity index (χ0) is 27.0. The van der Waals surface area contributed by atoms with Crippen LogP contribution in [0.15, 0.2) is 46.6 Å². The van der Waals surface area contributed by atoms with Gasteiger partial charge < -0.3 is 14.3 Å². The molecule has 0 bridgehead atoms. The summed E-state index contributed by atoms with van der Waals surface area (Å²) in [5, 5.41) is 10.7. The number of furan rings is 1. The van der Waals surface area contributed by atoms with Crippen LogP contribution in [-0.4, -0.2) is 51.5 Å². The number of aliphatic hydroxyl groups excluding tert-OH is 1. The third-order valence-corrected chi connectivity index (χ3v) is 10.3. The van der Waals surface area contributed by atoms with Crippen LogP contribution in [0, 0.1) is 28.6 Å². The van der Waals surface area contributed by atoms with E-state index in [4.69, 9.17) is 9.15 Å². The van der Waals surface area contributed by atoms with E-state index in [1.165, 1.54) is 37.5 Å². The Morgan fingerprint density at radius 1 is 1.27 bits per heavy atom. The molecule has 6 nitrogen and oxygen atoms in total. The Morgan fingerprint density at radius 2 is 2.00 bits per heavy atom. The topological polar surface area (TPSA) is 93.8 Å². The first-order valence-electron chi connectivity index (χ1n) is 12.3. The van der Waals surface area contributed by atoms with Crippen LogP contribution < -0.4 is 0 Å². The lowest BCUT2D eigenvalue weighted by Crippen LogP contribution is -2.70. The second-order valence-electron chi connectivity index (χ2n) is 11.1. The predicted octanol–water partition coefficient (Wildman–Crippen LogP) is 4.93. The minimum Gasteiger partial charge on any atom is -0.457 e. The predicted molar refractivity (Wildman–Crippen MR) is 129 cm³/mol. The number of ether oxygens (including phenoxy) is 1. The molecule has 200 valence electrons. The maximum absolute atomic E-state index is 17.4. The molecule has 10 heteroatoms. The van der Waals surface area contributed by atoms with Crippen molar-refractivity contribution in [3.05, 3.63) is 48.0 Å². The summed E-state index contributed by atoms with van der Waals surface area (Å²) in [6, 6.07) is 1.78. The molecule has 3 saturated carbocycles. The zero-order valence-corrected chi connectivity index (χ0v) is 21.5. The van der Waals surface area contributed by atoms with Gasteiger partial charge in [0.05, 0.1) is 12.4 Å². The van der Waals surface area contributed by atoms with Gasteiger partial charge in [-0.15, -0.1) is 0 Å². The van der Waals surface area contributed by atoms with Crippen molar-refractivity contribution in [2.24, 2.45) is 28.6 Å². The summed E-state index contributed by atoms with van der Waals surface area (Å²) in [6.07, 6.45) is 1.16. The SMILES string of the molecule is C[C@@H]1CC2C3C[C@@H](F)C4=CC(=O)C=C[C@]4(C)[C@]3(F)[C@@H](O)C[C@]2(C)C1(OC(=O)c1ccco1)C(=O)SCF. The lowest BCUT2D eigenvalue weighted by Gasteiger charge is -2.63. The molecule has 0 spiro atoms. The minimum absolute atomic E-state index is 0.00739. The molecule has 1 heterocycles. The van der Waals surface area contributed by atoms with E-state index in [0.29, 0.717) is 11.8 Å². The lowest BCUT2D eigenvalue weighted by atomic mass is 9.44. The van der Waals surface area contributed by atoms with Crippen molar-refractivity contribution in [1.29, 1.82) is 0 Å². The Labute approximate surface area is 216 Å². The van der Waals surface area contributed by atoms with Crippen molar-refractivity contribution in [2.75, 3.05) is 6.01 Å². The van der Waals surface area contributed by atoms with Crippen LogP contribution in [0.4, 0.5) is 13.2 Å². The number of hydrogen-bond donors (Lipinski definition) is 1. The summed E-state index contributed by atoms with van der Waals surface area (Å²) in [7, 11) is 0. The Kier molecular flexibility index (Phi) is 6.10. The van der Waals surface area contributed by atoms with Crippen molar-refractivity contribution in [2.45, 2.75) is 63.6 Å². The maximum atomic E-state index is 17.4. The van der Waals surface area contributed by atoms with E-state index >= 15 is 8.78 Å². The first-order chi connectivity index (χ1) is 17.4. The van der Waals surface area contributed by atoms with Crippen LogP contribution in [-0.2, 0) is 14.3 Å². The third-order valence-electron chi connectivity index (χ3n) is 9.63. The highest BCUT2D eigenvalue weighted by molar-refractivity contribution is 8.13. The molecule has 0 radical (unpaired) electrons. The fourth-order valence-electron chi connectivity index (χ4n) is 7.97. The van der Waals surface area contributed by atoms with Crippen LogP contribution in [0.5, 0.6) is 0 Å². The van der Waals surface area contributed by atoms with Crippen LogP contribution in [0.1, 0.15) is 50.6 Å². The third kappa shape index (κ3) is 3.27. The molecule has 0 aromatic carbocycles. The van der Waals surface area contributed by atoms with Crippen molar-refractivity contribution in [1.82, 2.24) is 0 Å². The average Bonchev–Trinajstić information content (AvgIpc) is 3.45. The molecule has 0 saturated heterocycles. The van der Waals surface area contributed by atoms with Gasteiger partial charge in [0.15, 0.2) is 17.1 Å². The molecule has 4 aliphatic carbocycles. The van der Waals surface area contributed by atoms with Crippen molar-refractivity contribution in [3.8, 4) is 0 Å². The Hall–Kier alpha value is -2.33. The average molecular weight is 539 g/mol. The molecule has 1 aromatic heterocycles. The molecule has 9 atom stereocenters. The number of carbonyl (C=O) groups is 3. The normalized spacial score (nSPS) is 44.5. The molecule has 1 N–H and O–H groups in total. The molecule has 3 unspecified atom stereocenters. The van der Waals surface area contributed by atoms with Gasteiger partial charge in [-0.25, -0.2) is 18.0 Å². The van der Waals surface area contributed by atoms with Gasteiger partial charge in [0.25, 0.3) is 0 Å². The number of rotatable bonds is 4. The summed E-state index contributed by atoms with van der Waals surface area (Å²) >= 11 is 0.352. The van der Waals surface area contributed by atoms with E-state index in [-0.39, 0.29) is 30.6 Å². The van der Waals surface area contributed by atoms with E-state index in [0.717, 1.165) is 6.08 Å². The van der Waals surface area contributed by atoms with Crippen molar-refractivity contribution < 1.29 is 41.8 Å². The molecule has 3 fully saturated rings. The van der Waals surface area contributed by atoms with Gasteiger partial charge in [0.1, 0.15) is 12.2 Å². The van der Waals surface area contributed by atoms with Crippen molar-refractivity contribution in [3.63, 3.8) is 0 Å². The van der Waals surface area contributed by atoms with Gasteiger partial charge in [0.2, 0.25) is 10.9 Å². The summed E-state index contributed by atoms with van der Waals surface area (Å²) in [5.74, 6) is -3.98. The molecule has 4 aliphatic rings. The van der Waals surface area contributed by atoms with Gasteiger partial charge >= 0.3 is 5.97 Å². The fraction of sp³-hybridized carbons (Fsp3) is 0.593. The van der Waals surface area contributed by atoms with Crippen LogP contribution in [0.3, 0.4) is 0 Å². The Balaban J connectivity index is 1.64. The molecule has 0 aliphatic heterocycles. The molecule has 37 heavy (non-hydrogen) atoms. The highest BCUT2D eigenvalue weighted by Gasteiger charge is 2.78. The van der Waals surface area contributed by atoms with Crippen LogP contribution in [0.25, 0.3) is 0 Å². The van der Waals surface area contributed by atoms with Crippen molar-refractivity contribution >= 4 is 28.6 Å². The summed E-state index contributed by atoms with van der Waals surface area (Å²) in [6.45, 7) is 4.79. The molecule has 5 rings (SSSR count). The van der Waals surface area contributed by atoms with E-state index in [2.05, 4.69) is 0 Å². The number of halogens is 3. The summed E-state index contributed by atoms with van der Waals surface area (Å²) < 4.78 is 57.5. The first-order valence-corrected chi connectivity index (χ1v) is 13.3. The van der Waals surface area contributed by atoms with Gasteiger partial charge in [0, 0.05) is 22.7 Å². The highest BCUT2D eigenvalue weighted by Crippen LogP contribution is 2.72. The Bertz CT molecular complexity index is 1200. The minimum atomic E-state index is -2.35. The standard InChI is InChI=1S/C27H29F3O6S/c1-14-9-16-17-11-19(29)18-10-15(31)6-7-24(18,2)26(17,30)21(32)12-25(16,3)27(14,23(34)37-13-28)36-22(33)20-5-4-8-35-20/h4-8,10,14,16-17,19,21,32H,9,11-13H2,1-3H3/t14-,16?,17?,19-,21+,24+,25+,26-,27?/m1/s1. The largest absolute Gasteiger partial charge is 0.457 e. The molecule has 1 aromatic rings. The fourth-order valence-corrected chi connectivity index (χ4v) is 8.76. The number of aliphatic hydroxyl groups is 1. The van der Waals surface area contributed by atoms with Crippen LogP contribution >= 0.6 is 11.8 Å². The number of hydrogen-bond acceptors (Lipinski definition) is 7. The molecular formula is C27H29F3O6S. The maximum Gasteiger partial charge on any atom is 0.375 e. The smallest absolute Gasteiger partial charge is 0.375 e. The van der Waals surface area contributed by atoms with E-state index in [9.17, 15) is 23.9 Å². The highest BCUT2D eigenvalue weighted by atomic mass is 32.2. The second-order valence-corrected chi connectivity index (χ2v) is 12.0. The number of ketones is 1. The van der Waals surface area contributed by atoms with Gasteiger partial charge in [-0.3, -0.25) is 9.59 Å². The summed E-state index contributed by atoms with van der Waals surface area (Å²) in [5.41, 5.74) is -7.19. The van der Waals surface area contributed by atoms with E-state index in [1.54, 1.807) is 13.8 Å². The van der Waals surface area contributed by atoms with Crippen LogP contribution in [0.2, 0.25) is 0 Å². The number of thioether (sulfide) groups is 1. The van der Waals surface area contributed by atoms with Gasteiger partial charge in [-0.1, -0.05) is 19.9 Å². The molecule has 0 amide bonds. The van der Waals surface area contributed by atoms with E-state index < -0.39 is 75.0 Å². The zero-order valence-electron chi connectivity index (χ0n) is 20.7. The number of esters is 1. The summed E-state index contributed by atoms with van der Waals surface area (Å²) in [4.78, 5) is 38.7. The number of carbonyl (C=O) groups excluding carboxylic acids is 3. The monoisotopic (exact) mass is 538 g/mol. The Morgan fingerprint density at radius 3 is 2.65 bits per heavy atom. The van der Waals surface area contributed by atoms with E-state index in [1.807, 2.05) is 0 Å².